The molecule has 0 aliphatic heterocycles. The van der Waals surface area contributed by atoms with Crippen LogP contribution < -0.4 is 9.47 Å². The van der Waals surface area contributed by atoms with Crippen molar-refractivity contribution in [3.8, 4) is 22.6 Å². The second kappa shape index (κ2) is 10.1. The SMILES string of the molecule is Cc1nc(C)c(OC(=O)OC(C)C)c(-c2ccccc2Cl)c1OC(=O)OCCO. The van der Waals surface area contributed by atoms with Crippen molar-refractivity contribution in [2.75, 3.05) is 13.2 Å². The van der Waals surface area contributed by atoms with E-state index in [1.54, 1.807) is 52.0 Å². The second-order valence-electron chi connectivity index (χ2n) is 6.24. The van der Waals surface area contributed by atoms with Gasteiger partial charge in [-0.2, -0.15) is 0 Å². The summed E-state index contributed by atoms with van der Waals surface area (Å²) in [6.07, 6.45) is -2.37. The number of benzene rings is 1. The molecule has 0 aliphatic rings. The topological polar surface area (TPSA) is 104 Å². The number of nitrogens with zero attached hydrogens (tertiary/aromatic N) is 1. The van der Waals surface area contributed by atoms with Crippen LogP contribution in [0.4, 0.5) is 9.59 Å². The van der Waals surface area contributed by atoms with Crippen molar-refractivity contribution in [3.05, 3.63) is 40.7 Å². The molecular weight excluding hydrogens is 402 g/mol. The lowest BCUT2D eigenvalue weighted by Crippen LogP contribution is -2.18. The number of aliphatic hydroxyl groups is 1. The van der Waals surface area contributed by atoms with Crippen molar-refractivity contribution >= 4 is 23.9 Å². The summed E-state index contributed by atoms with van der Waals surface area (Å²) in [7, 11) is 0. The van der Waals surface area contributed by atoms with Gasteiger partial charge in [0, 0.05) is 10.6 Å². The van der Waals surface area contributed by atoms with Gasteiger partial charge in [-0.1, -0.05) is 29.8 Å². The molecule has 0 radical (unpaired) electrons. The molecule has 9 heteroatoms. The van der Waals surface area contributed by atoms with Gasteiger partial charge in [-0.3, -0.25) is 4.98 Å². The lowest BCUT2D eigenvalue weighted by molar-refractivity contribution is 0.0725. The first kappa shape index (κ1) is 22.4. The zero-order valence-corrected chi connectivity index (χ0v) is 17.3. The highest BCUT2D eigenvalue weighted by Gasteiger charge is 2.26. The first-order valence-electron chi connectivity index (χ1n) is 8.84. The van der Waals surface area contributed by atoms with Gasteiger partial charge in [0.1, 0.15) is 6.61 Å². The number of carbonyl (C=O) groups excluding carboxylic acids is 2. The van der Waals surface area contributed by atoms with Crippen LogP contribution in [0, 0.1) is 13.8 Å². The summed E-state index contributed by atoms with van der Waals surface area (Å²) in [5, 5.41) is 9.16. The Morgan fingerprint density at radius 3 is 2.21 bits per heavy atom. The van der Waals surface area contributed by atoms with E-state index in [2.05, 4.69) is 4.98 Å². The maximum absolute atomic E-state index is 12.1. The summed E-state index contributed by atoms with van der Waals surface area (Å²) in [5.41, 5.74) is 1.43. The fourth-order valence-corrected chi connectivity index (χ4v) is 2.75. The summed E-state index contributed by atoms with van der Waals surface area (Å²) in [5.74, 6) is 0.0540. The van der Waals surface area contributed by atoms with Crippen LogP contribution >= 0.6 is 11.6 Å². The molecule has 0 bridgehead atoms. The number of carbonyl (C=O) groups is 2. The molecule has 0 aliphatic carbocycles. The fraction of sp³-hybridized carbons (Fsp3) is 0.350. The number of pyridine rings is 1. The van der Waals surface area contributed by atoms with Gasteiger partial charge in [0.25, 0.3) is 0 Å². The van der Waals surface area contributed by atoms with Crippen molar-refractivity contribution in [3.63, 3.8) is 0 Å². The summed E-state index contributed by atoms with van der Waals surface area (Å²) >= 11 is 6.35. The van der Waals surface area contributed by atoms with Gasteiger partial charge in [0.05, 0.1) is 29.7 Å². The van der Waals surface area contributed by atoms with Crippen LogP contribution in [0.3, 0.4) is 0 Å². The van der Waals surface area contributed by atoms with E-state index in [1.165, 1.54) is 0 Å². The van der Waals surface area contributed by atoms with Crippen LogP contribution in [0.5, 0.6) is 11.5 Å². The van der Waals surface area contributed by atoms with Crippen LogP contribution in [-0.4, -0.2) is 41.7 Å². The van der Waals surface area contributed by atoms with Gasteiger partial charge >= 0.3 is 12.3 Å². The third-order valence-electron chi connectivity index (χ3n) is 3.60. The number of aromatic nitrogens is 1. The predicted molar refractivity (Wildman–Crippen MR) is 105 cm³/mol. The van der Waals surface area contributed by atoms with E-state index in [-0.39, 0.29) is 30.3 Å². The van der Waals surface area contributed by atoms with Crippen LogP contribution in [-0.2, 0) is 9.47 Å². The maximum atomic E-state index is 12.1. The van der Waals surface area contributed by atoms with Crippen LogP contribution in [0.2, 0.25) is 5.02 Å². The molecule has 0 amide bonds. The zero-order chi connectivity index (χ0) is 21.6. The molecule has 29 heavy (non-hydrogen) atoms. The summed E-state index contributed by atoms with van der Waals surface area (Å²) in [4.78, 5) is 28.4. The molecule has 0 atom stereocenters. The molecule has 0 spiro atoms. The Bertz CT molecular complexity index is 899. The normalized spacial score (nSPS) is 10.6. The summed E-state index contributed by atoms with van der Waals surface area (Å²) in [6, 6.07) is 6.79. The molecule has 1 aromatic heterocycles. The van der Waals surface area contributed by atoms with Gasteiger partial charge < -0.3 is 24.1 Å². The lowest BCUT2D eigenvalue weighted by Gasteiger charge is -2.19. The predicted octanol–water partition coefficient (Wildman–Crippen LogP) is 4.45. The van der Waals surface area contributed by atoms with Crippen molar-refractivity contribution < 1.29 is 33.6 Å². The molecule has 1 N–H and O–H groups in total. The van der Waals surface area contributed by atoms with Crippen LogP contribution in [0.1, 0.15) is 25.2 Å². The summed E-state index contributed by atoms with van der Waals surface area (Å²) < 4.78 is 20.5. The quantitative estimate of drug-likeness (QED) is 0.679. The van der Waals surface area contributed by atoms with Gasteiger partial charge in [-0.05, 0) is 33.8 Å². The highest BCUT2D eigenvalue weighted by molar-refractivity contribution is 6.33. The average Bonchev–Trinajstić information content (AvgIpc) is 2.64. The smallest absolute Gasteiger partial charge is 0.432 e. The minimum atomic E-state index is -1.04. The first-order chi connectivity index (χ1) is 13.7. The number of ether oxygens (including phenoxy) is 4. The Balaban J connectivity index is 2.63. The highest BCUT2D eigenvalue weighted by Crippen LogP contribution is 2.44. The van der Waals surface area contributed by atoms with E-state index < -0.39 is 18.4 Å². The van der Waals surface area contributed by atoms with Crippen molar-refractivity contribution in [2.24, 2.45) is 0 Å². The Morgan fingerprint density at radius 2 is 1.66 bits per heavy atom. The molecule has 2 rings (SSSR count). The Morgan fingerprint density at radius 1 is 1.07 bits per heavy atom. The number of aliphatic hydroxyl groups excluding tert-OH is 1. The van der Waals surface area contributed by atoms with Crippen LogP contribution in [0.25, 0.3) is 11.1 Å². The van der Waals surface area contributed by atoms with E-state index >= 15 is 0 Å². The second-order valence-corrected chi connectivity index (χ2v) is 6.65. The third-order valence-corrected chi connectivity index (χ3v) is 3.93. The molecule has 2 aromatic rings. The lowest BCUT2D eigenvalue weighted by atomic mass is 10.0. The van der Waals surface area contributed by atoms with E-state index in [9.17, 15) is 9.59 Å². The molecule has 0 unspecified atom stereocenters. The molecular formula is C20H22ClNO7. The number of hydrogen-bond donors (Lipinski definition) is 1. The Hall–Kier alpha value is -2.84. The number of aryl methyl sites for hydroxylation is 2. The average molecular weight is 424 g/mol. The minimum Gasteiger partial charge on any atom is -0.432 e. The van der Waals surface area contributed by atoms with Gasteiger partial charge in [0.15, 0.2) is 11.5 Å². The van der Waals surface area contributed by atoms with Crippen LogP contribution in [0.15, 0.2) is 24.3 Å². The summed E-state index contributed by atoms with van der Waals surface area (Å²) in [6.45, 7) is 6.04. The van der Waals surface area contributed by atoms with E-state index in [1.807, 2.05) is 0 Å². The van der Waals surface area contributed by atoms with E-state index in [0.717, 1.165) is 0 Å². The number of hydrogen-bond acceptors (Lipinski definition) is 8. The number of halogens is 1. The Labute approximate surface area is 173 Å². The number of rotatable bonds is 6. The molecule has 0 saturated carbocycles. The fourth-order valence-electron chi connectivity index (χ4n) is 2.52. The third kappa shape index (κ3) is 5.82. The first-order valence-corrected chi connectivity index (χ1v) is 9.22. The Kier molecular flexibility index (Phi) is 7.81. The maximum Gasteiger partial charge on any atom is 0.514 e. The highest BCUT2D eigenvalue weighted by atomic mass is 35.5. The molecule has 1 aromatic carbocycles. The molecule has 1 heterocycles. The van der Waals surface area contributed by atoms with E-state index in [4.69, 9.17) is 35.7 Å². The monoisotopic (exact) mass is 423 g/mol. The van der Waals surface area contributed by atoms with Crippen molar-refractivity contribution in [1.29, 1.82) is 0 Å². The zero-order valence-electron chi connectivity index (χ0n) is 16.5. The minimum absolute atomic E-state index is 0.0130. The molecule has 0 fully saturated rings. The molecule has 8 nitrogen and oxygen atoms in total. The van der Waals surface area contributed by atoms with Gasteiger partial charge in [-0.15, -0.1) is 0 Å². The molecule has 156 valence electrons. The van der Waals surface area contributed by atoms with Gasteiger partial charge in [0.2, 0.25) is 0 Å². The largest absolute Gasteiger partial charge is 0.514 e. The van der Waals surface area contributed by atoms with E-state index in [0.29, 0.717) is 22.0 Å². The van der Waals surface area contributed by atoms with Crippen molar-refractivity contribution in [2.45, 2.75) is 33.8 Å². The standard InChI is InChI=1S/C20H22ClNO7/c1-11(2)27-20(25)29-18-13(4)22-12(3)17(28-19(24)26-10-9-23)16(18)14-7-5-6-8-15(14)21/h5-8,11,23H,9-10H2,1-4H3. The molecule has 0 saturated heterocycles. The van der Waals surface area contributed by atoms with Gasteiger partial charge in [-0.25, -0.2) is 9.59 Å². The van der Waals surface area contributed by atoms with Crippen molar-refractivity contribution in [1.82, 2.24) is 4.98 Å².